The smallest absolute Gasteiger partial charge is 0.264 e. The number of nitrogens with zero attached hydrogens (tertiary/aromatic N) is 1. The maximum absolute atomic E-state index is 13.0. The first-order valence-electron chi connectivity index (χ1n) is 6.94. The second-order valence-corrected chi connectivity index (χ2v) is 6.92. The van der Waals surface area contributed by atoms with Crippen molar-refractivity contribution in [2.24, 2.45) is 0 Å². The van der Waals surface area contributed by atoms with Gasteiger partial charge in [-0.1, -0.05) is 12.1 Å². The van der Waals surface area contributed by atoms with Gasteiger partial charge in [0.05, 0.1) is 23.7 Å². The van der Waals surface area contributed by atoms with E-state index < -0.39 is 10.0 Å². The number of rotatable bonds is 3. The van der Waals surface area contributed by atoms with Crippen LogP contribution in [0.25, 0.3) is 0 Å². The summed E-state index contributed by atoms with van der Waals surface area (Å²) < 4.78 is 38.1. The van der Waals surface area contributed by atoms with E-state index in [1.54, 1.807) is 49.6 Å². The molecule has 1 aliphatic heterocycles. The highest BCUT2D eigenvalue weighted by atomic mass is 32.2. The lowest BCUT2D eigenvalue weighted by Crippen LogP contribution is -2.44. The van der Waals surface area contributed by atoms with Crippen molar-refractivity contribution in [3.8, 4) is 11.5 Å². The third kappa shape index (κ3) is 2.39. The maximum atomic E-state index is 13.0. The van der Waals surface area contributed by atoms with Crippen LogP contribution < -0.4 is 13.8 Å². The molecule has 0 fully saturated rings. The van der Waals surface area contributed by atoms with Crippen LogP contribution in [0.1, 0.15) is 6.92 Å². The van der Waals surface area contributed by atoms with Crippen molar-refractivity contribution in [1.82, 2.24) is 0 Å². The molecule has 0 aromatic heterocycles. The summed E-state index contributed by atoms with van der Waals surface area (Å²) in [6.07, 6.45) is 0. The number of hydrogen-bond acceptors (Lipinski definition) is 4. The standard InChI is InChI=1S/C16H17NO4S/c1-12-11-21-16-6-4-3-5-15(16)17(12)22(18,19)14-9-7-13(20-2)8-10-14/h3-10,12H,11H2,1-2H3/t12-/m0/s1. The molecule has 6 heteroatoms. The fourth-order valence-corrected chi connectivity index (χ4v) is 4.16. The Labute approximate surface area is 130 Å². The topological polar surface area (TPSA) is 55.8 Å². The molecule has 116 valence electrons. The lowest BCUT2D eigenvalue weighted by atomic mass is 10.2. The van der Waals surface area contributed by atoms with Crippen LogP contribution in [0.3, 0.4) is 0 Å². The minimum atomic E-state index is -3.65. The van der Waals surface area contributed by atoms with Crippen LogP contribution in [0.15, 0.2) is 53.4 Å². The van der Waals surface area contributed by atoms with E-state index in [0.29, 0.717) is 23.8 Å². The van der Waals surface area contributed by atoms with Crippen LogP contribution in [0.2, 0.25) is 0 Å². The lowest BCUT2D eigenvalue weighted by molar-refractivity contribution is 0.281. The maximum Gasteiger partial charge on any atom is 0.264 e. The van der Waals surface area contributed by atoms with Gasteiger partial charge in [0.25, 0.3) is 10.0 Å². The average molecular weight is 319 g/mol. The number of ether oxygens (including phenoxy) is 2. The third-order valence-corrected chi connectivity index (χ3v) is 5.54. The van der Waals surface area contributed by atoms with E-state index in [1.807, 2.05) is 13.0 Å². The number of hydrogen-bond donors (Lipinski definition) is 0. The molecule has 0 amide bonds. The Morgan fingerprint density at radius 1 is 1.14 bits per heavy atom. The zero-order chi connectivity index (χ0) is 15.7. The molecule has 0 radical (unpaired) electrons. The molecule has 22 heavy (non-hydrogen) atoms. The Hall–Kier alpha value is -2.21. The molecule has 0 unspecified atom stereocenters. The van der Waals surface area contributed by atoms with Gasteiger partial charge in [-0.15, -0.1) is 0 Å². The summed E-state index contributed by atoms with van der Waals surface area (Å²) in [5, 5.41) is 0. The van der Waals surface area contributed by atoms with E-state index in [0.717, 1.165) is 0 Å². The van der Waals surface area contributed by atoms with Crippen molar-refractivity contribution < 1.29 is 17.9 Å². The summed E-state index contributed by atoms with van der Waals surface area (Å²) in [7, 11) is -2.11. The average Bonchev–Trinajstić information content (AvgIpc) is 2.54. The monoisotopic (exact) mass is 319 g/mol. The zero-order valence-electron chi connectivity index (χ0n) is 12.4. The van der Waals surface area contributed by atoms with E-state index in [2.05, 4.69) is 0 Å². The molecule has 0 N–H and O–H groups in total. The lowest BCUT2D eigenvalue weighted by Gasteiger charge is -2.35. The summed E-state index contributed by atoms with van der Waals surface area (Å²) in [5.41, 5.74) is 0.567. The van der Waals surface area contributed by atoms with Gasteiger partial charge in [0.1, 0.15) is 18.1 Å². The van der Waals surface area contributed by atoms with Crippen molar-refractivity contribution in [2.75, 3.05) is 18.0 Å². The number of anilines is 1. The van der Waals surface area contributed by atoms with Gasteiger partial charge in [-0.25, -0.2) is 8.42 Å². The highest BCUT2D eigenvalue weighted by Crippen LogP contribution is 2.37. The Bertz CT molecular complexity index is 771. The van der Waals surface area contributed by atoms with E-state index >= 15 is 0 Å². The van der Waals surface area contributed by atoms with Gasteiger partial charge >= 0.3 is 0 Å². The molecule has 5 nitrogen and oxygen atoms in total. The zero-order valence-corrected chi connectivity index (χ0v) is 13.2. The van der Waals surface area contributed by atoms with E-state index in [-0.39, 0.29) is 10.9 Å². The van der Waals surface area contributed by atoms with Crippen LogP contribution in [0.5, 0.6) is 11.5 Å². The minimum absolute atomic E-state index is 0.233. The first kappa shape index (κ1) is 14.7. The summed E-state index contributed by atoms with van der Waals surface area (Å²) in [6, 6.07) is 13.3. The predicted molar refractivity (Wildman–Crippen MR) is 84.1 cm³/mol. The first-order chi connectivity index (χ1) is 10.5. The second-order valence-electron chi connectivity index (χ2n) is 5.10. The molecule has 2 aromatic rings. The SMILES string of the molecule is COc1ccc(S(=O)(=O)N2c3ccccc3OC[C@@H]2C)cc1. The van der Waals surface area contributed by atoms with E-state index in [9.17, 15) is 8.42 Å². The third-order valence-electron chi connectivity index (χ3n) is 3.60. The number of benzene rings is 2. The van der Waals surface area contributed by atoms with Crippen LogP contribution in [-0.2, 0) is 10.0 Å². The number of fused-ring (bicyclic) bond motifs is 1. The quantitative estimate of drug-likeness (QED) is 0.873. The highest BCUT2D eigenvalue weighted by Gasteiger charge is 2.34. The van der Waals surface area contributed by atoms with E-state index in [1.165, 1.54) is 4.31 Å². The Morgan fingerprint density at radius 2 is 1.82 bits per heavy atom. The highest BCUT2D eigenvalue weighted by molar-refractivity contribution is 7.92. The van der Waals surface area contributed by atoms with Gasteiger partial charge < -0.3 is 9.47 Å². The molecule has 2 aromatic carbocycles. The van der Waals surface area contributed by atoms with Crippen molar-refractivity contribution in [1.29, 1.82) is 0 Å². The summed E-state index contributed by atoms with van der Waals surface area (Å²) in [4.78, 5) is 0.233. The molecule has 0 bridgehead atoms. The van der Waals surface area contributed by atoms with Crippen molar-refractivity contribution in [3.63, 3.8) is 0 Å². The van der Waals surface area contributed by atoms with Gasteiger partial charge in [0, 0.05) is 0 Å². The largest absolute Gasteiger partial charge is 0.497 e. The van der Waals surface area contributed by atoms with Gasteiger partial charge in [-0.2, -0.15) is 0 Å². The van der Waals surface area contributed by atoms with Crippen LogP contribution in [0.4, 0.5) is 5.69 Å². The molecule has 3 rings (SSSR count). The Kier molecular flexibility index (Phi) is 3.70. The van der Waals surface area contributed by atoms with Crippen LogP contribution in [0, 0.1) is 0 Å². The summed E-state index contributed by atoms with van der Waals surface area (Å²) in [6.45, 7) is 2.16. The van der Waals surface area contributed by atoms with Crippen LogP contribution >= 0.6 is 0 Å². The van der Waals surface area contributed by atoms with Gasteiger partial charge in [-0.3, -0.25) is 4.31 Å². The molecule has 1 atom stereocenters. The number of sulfonamides is 1. The van der Waals surface area contributed by atoms with Crippen molar-refractivity contribution >= 4 is 15.7 Å². The summed E-state index contributed by atoms with van der Waals surface area (Å²) in [5.74, 6) is 1.20. The minimum Gasteiger partial charge on any atom is -0.497 e. The molecular formula is C16H17NO4S. The van der Waals surface area contributed by atoms with Gasteiger partial charge in [0.15, 0.2) is 0 Å². The van der Waals surface area contributed by atoms with Gasteiger partial charge in [-0.05, 0) is 43.3 Å². The number of para-hydroxylation sites is 2. The number of methoxy groups -OCH3 is 1. The Balaban J connectivity index is 2.07. The fourth-order valence-electron chi connectivity index (χ4n) is 2.50. The van der Waals surface area contributed by atoms with Gasteiger partial charge in [0.2, 0.25) is 0 Å². The molecule has 0 saturated carbocycles. The molecule has 0 spiro atoms. The predicted octanol–water partition coefficient (Wildman–Crippen LogP) is 2.67. The molecule has 1 aliphatic rings. The molecule has 0 aliphatic carbocycles. The summed E-state index contributed by atoms with van der Waals surface area (Å²) >= 11 is 0. The molecule has 0 saturated heterocycles. The van der Waals surface area contributed by atoms with Crippen molar-refractivity contribution in [2.45, 2.75) is 17.9 Å². The van der Waals surface area contributed by atoms with Crippen molar-refractivity contribution in [3.05, 3.63) is 48.5 Å². The first-order valence-corrected chi connectivity index (χ1v) is 8.38. The van der Waals surface area contributed by atoms with Crippen LogP contribution in [-0.4, -0.2) is 28.2 Å². The second kappa shape index (κ2) is 5.53. The Morgan fingerprint density at radius 3 is 2.50 bits per heavy atom. The molecular weight excluding hydrogens is 302 g/mol. The molecule has 1 heterocycles. The van der Waals surface area contributed by atoms with E-state index in [4.69, 9.17) is 9.47 Å². The normalized spacial score (nSPS) is 17.5. The fraction of sp³-hybridized carbons (Fsp3) is 0.250.